The van der Waals surface area contributed by atoms with Crippen LogP contribution in [0, 0.1) is 12.8 Å². The molecule has 1 aromatic carbocycles. The average molecular weight is 287 g/mol. The van der Waals surface area contributed by atoms with Gasteiger partial charge in [-0.25, -0.2) is 0 Å². The fourth-order valence-corrected chi connectivity index (χ4v) is 3.36. The van der Waals surface area contributed by atoms with Gasteiger partial charge in [-0.2, -0.15) is 0 Å². The molecule has 2 aliphatic heterocycles. The van der Waals surface area contributed by atoms with Crippen LogP contribution >= 0.6 is 0 Å². The first-order chi connectivity index (χ1) is 10.1. The van der Waals surface area contributed by atoms with Crippen molar-refractivity contribution in [2.75, 3.05) is 29.9 Å². The second kappa shape index (κ2) is 6.06. The molecular weight excluding hydrogens is 262 g/mol. The van der Waals surface area contributed by atoms with E-state index in [2.05, 4.69) is 41.5 Å². The maximum atomic E-state index is 12.3. The van der Waals surface area contributed by atoms with Gasteiger partial charge in [-0.1, -0.05) is 6.92 Å². The second-order valence-electron chi connectivity index (χ2n) is 6.38. The highest BCUT2D eigenvalue weighted by molar-refractivity contribution is 5.96. The molecule has 0 aliphatic carbocycles. The number of amides is 1. The predicted octanol–water partition coefficient (Wildman–Crippen LogP) is 2.53. The molecule has 2 saturated heterocycles. The third kappa shape index (κ3) is 3.05. The second-order valence-corrected chi connectivity index (χ2v) is 6.38. The molecule has 0 radical (unpaired) electrons. The fourth-order valence-electron chi connectivity index (χ4n) is 3.36. The van der Waals surface area contributed by atoms with Gasteiger partial charge in [-0.15, -0.1) is 0 Å². The molecule has 2 atom stereocenters. The average Bonchev–Trinajstić information content (AvgIpc) is 3.12. The highest BCUT2D eigenvalue weighted by Crippen LogP contribution is 2.26. The van der Waals surface area contributed by atoms with E-state index in [0.717, 1.165) is 37.3 Å². The largest absolute Gasteiger partial charge is 0.372 e. The lowest BCUT2D eigenvalue weighted by atomic mass is 10.0. The molecular formula is C17H25N3O. The van der Waals surface area contributed by atoms with E-state index in [1.807, 2.05) is 6.07 Å². The molecule has 0 aromatic heterocycles. The molecule has 2 heterocycles. The van der Waals surface area contributed by atoms with E-state index in [0.29, 0.717) is 5.92 Å². The van der Waals surface area contributed by atoms with Gasteiger partial charge in [0.25, 0.3) is 0 Å². The Morgan fingerprint density at radius 3 is 2.71 bits per heavy atom. The Hall–Kier alpha value is -1.55. The molecule has 2 fully saturated rings. The van der Waals surface area contributed by atoms with Crippen LogP contribution in [0.25, 0.3) is 0 Å². The van der Waals surface area contributed by atoms with Crippen LogP contribution in [-0.4, -0.2) is 31.6 Å². The highest BCUT2D eigenvalue weighted by Gasteiger charge is 2.29. The minimum absolute atomic E-state index is 0.0531. The molecule has 21 heavy (non-hydrogen) atoms. The summed E-state index contributed by atoms with van der Waals surface area (Å²) in [6.07, 6.45) is 3.64. The van der Waals surface area contributed by atoms with Crippen LogP contribution in [0.2, 0.25) is 0 Å². The van der Waals surface area contributed by atoms with E-state index in [1.54, 1.807) is 0 Å². The van der Waals surface area contributed by atoms with Gasteiger partial charge in [0, 0.05) is 24.5 Å². The van der Waals surface area contributed by atoms with E-state index in [1.165, 1.54) is 18.5 Å². The van der Waals surface area contributed by atoms with E-state index in [4.69, 9.17) is 0 Å². The predicted molar refractivity (Wildman–Crippen MR) is 86.8 cm³/mol. The van der Waals surface area contributed by atoms with Gasteiger partial charge in [-0.05, 0) is 62.4 Å². The van der Waals surface area contributed by atoms with Crippen molar-refractivity contribution in [3.63, 3.8) is 0 Å². The molecule has 114 valence electrons. The Kier molecular flexibility index (Phi) is 4.15. The molecule has 0 saturated carbocycles. The summed E-state index contributed by atoms with van der Waals surface area (Å²) in [4.78, 5) is 14.8. The maximum Gasteiger partial charge on any atom is 0.241 e. The summed E-state index contributed by atoms with van der Waals surface area (Å²) in [5.74, 6) is 0.506. The van der Waals surface area contributed by atoms with E-state index < -0.39 is 0 Å². The van der Waals surface area contributed by atoms with Crippen LogP contribution in [0.5, 0.6) is 0 Å². The first-order valence-electron chi connectivity index (χ1n) is 8.05. The number of hydrogen-bond acceptors (Lipinski definition) is 3. The van der Waals surface area contributed by atoms with Gasteiger partial charge in [0.15, 0.2) is 0 Å². The Morgan fingerprint density at radius 2 is 2.10 bits per heavy atom. The van der Waals surface area contributed by atoms with Crippen LogP contribution in [0.1, 0.15) is 31.7 Å². The lowest BCUT2D eigenvalue weighted by Crippen LogP contribution is -2.39. The third-order valence-electron chi connectivity index (χ3n) is 4.75. The van der Waals surface area contributed by atoms with Gasteiger partial charge in [0.1, 0.15) is 0 Å². The molecule has 4 heteroatoms. The van der Waals surface area contributed by atoms with Crippen LogP contribution in [0.4, 0.5) is 11.4 Å². The minimum Gasteiger partial charge on any atom is -0.372 e. The maximum absolute atomic E-state index is 12.3. The van der Waals surface area contributed by atoms with Crippen molar-refractivity contribution in [2.24, 2.45) is 5.92 Å². The molecule has 1 aromatic rings. The van der Waals surface area contributed by atoms with E-state index >= 15 is 0 Å². The molecule has 0 spiro atoms. The van der Waals surface area contributed by atoms with Crippen molar-refractivity contribution in [1.29, 1.82) is 0 Å². The zero-order chi connectivity index (χ0) is 14.8. The summed E-state index contributed by atoms with van der Waals surface area (Å²) in [5, 5.41) is 6.36. The van der Waals surface area contributed by atoms with Gasteiger partial charge >= 0.3 is 0 Å². The summed E-state index contributed by atoms with van der Waals surface area (Å²) in [5.41, 5.74) is 3.35. The minimum atomic E-state index is -0.0531. The van der Waals surface area contributed by atoms with Crippen molar-refractivity contribution >= 4 is 17.3 Å². The van der Waals surface area contributed by atoms with Gasteiger partial charge in [0.05, 0.1) is 6.04 Å². The number of aryl methyl sites for hydroxylation is 1. The number of nitrogens with one attached hydrogen (secondary N) is 2. The number of carbonyl (C=O) groups excluding carboxylic acids is 1. The van der Waals surface area contributed by atoms with Crippen molar-refractivity contribution < 1.29 is 4.79 Å². The van der Waals surface area contributed by atoms with Crippen LogP contribution in [0.15, 0.2) is 18.2 Å². The quantitative estimate of drug-likeness (QED) is 0.898. The summed E-state index contributed by atoms with van der Waals surface area (Å²) in [7, 11) is 0. The molecule has 4 nitrogen and oxygen atoms in total. The van der Waals surface area contributed by atoms with Crippen LogP contribution in [0.3, 0.4) is 0 Å². The summed E-state index contributed by atoms with van der Waals surface area (Å²) < 4.78 is 0. The summed E-state index contributed by atoms with van der Waals surface area (Å²) in [6, 6.07) is 6.30. The van der Waals surface area contributed by atoms with E-state index in [-0.39, 0.29) is 11.9 Å². The Labute approximate surface area is 126 Å². The first kappa shape index (κ1) is 14.4. The zero-order valence-corrected chi connectivity index (χ0v) is 13.0. The topological polar surface area (TPSA) is 44.4 Å². The number of rotatable bonds is 3. The lowest BCUT2D eigenvalue weighted by Gasteiger charge is -2.20. The summed E-state index contributed by atoms with van der Waals surface area (Å²) in [6.45, 7) is 7.43. The van der Waals surface area contributed by atoms with Crippen molar-refractivity contribution in [3.05, 3.63) is 23.8 Å². The number of nitrogens with zero attached hydrogens (tertiary/aromatic N) is 1. The Bertz CT molecular complexity index is 523. The molecule has 2 unspecified atom stereocenters. The van der Waals surface area contributed by atoms with Crippen LogP contribution in [-0.2, 0) is 4.79 Å². The monoisotopic (exact) mass is 287 g/mol. The molecule has 0 bridgehead atoms. The highest BCUT2D eigenvalue weighted by atomic mass is 16.2. The van der Waals surface area contributed by atoms with Crippen LogP contribution < -0.4 is 15.5 Å². The number of benzene rings is 1. The molecule has 3 rings (SSSR count). The zero-order valence-electron chi connectivity index (χ0n) is 13.0. The molecule has 1 amide bonds. The Balaban J connectivity index is 1.69. The molecule has 2 N–H and O–H groups in total. The third-order valence-corrected chi connectivity index (χ3v) is 4.75. The van der Waals surface area contributed by atoms with Gasteiger partial charge in [-0.3, -0.25) is 4.79 Å². The van der Waals surface area contributed by atoms with Crippen molar-refractivity contribution in [3.8, 4) is 0 Å². The van der Waals surface area contributed by atoms with E-state index in [9.17, 15) is 4.79 Å². The van der Waals surface area contributed by atoms with Crippen molar-refractivity contribution in [2.45, 2.75) is 39.2 Å². The fraction of sp³-hybridized carbons (Fsp3) is 0.588. The number of hydrogen-bond donors (Lipinski definition) is 2. The number of anilines is 2. The van der Waals surface area contributed by atoms with Gasteiger partial charge < -0.3 is 15.5 Å². The van der Waals surface area contributed by atoms with Gasteiger partial charge in [0.2, 0.25) is 5.91 Å². The first-order valence-corrected chi connectivity index (χ1v) is 8.05. The van der Waals surface area contributed by atoms with Crippen molar-refractivity contribution in [1.82, 2.24) is 5.32 Å². The normalized spacial score (nSPS) is 25.3. The molecule has 2 aliphatic rings. The standard InChI is InChI=1S/C17H25N3O/c1-12-7-8-18-16(12)17(21)19-15-6-5-14(11-13(15)2)20-9-3-4-10-20/h5-6,11-12,16,18H,3-4,7-10H2,1-2H3,(H,19,21). The SMILES string of the molecule is Cc1cc(N2CCCC2)ccc1NC(=O)C1NCCC1C. The number of carbonyl (C=O) groups is 1. The lowest BCUT2D eigenvalue weighted by molar-refractivity contribution is -0.118. The smallest absolute Gasteiger partial charge is 0.241 e. The Morgan fingerprint density at radius 1 is 1.33 bits per heavy atom. The summed E-state index contributed by atoms with van der Waals surface area (Å²) >= 11 is 0.